The van der Waals surface area contributed by atoms with Crippen LogP contribution in [-0.4, -0.2) is 31.5 Å². The van der Waals surface area contributed by atoms with Crippen LogP contribution < -0.4 is 5.32 Å². The van der Waals surface area contributed by atoms with Gasteiger partial charge in [0, 0.05) is 6.54 Å². The lowest BCUT2D eigenvalue weighted by Crippen LogP contribution is -2.44. The fraction of sp³-hybridized carbons (Fsp3) is 0.957. The Morgan fingerprint density at radius 2 is 1.81 bits per heavy atom. The van der Waals surface area contributed by atoms with Crippen LogP contribution in [0.15, 0.2) is 0 Å². The molecule has 2 atom stereocenters. The second-order valence-corrected chi connectivity index (χ2v) is 10.0. The molecule has 0 aromatic rings. The number of nitrogens with one attached hydrogen (secondary N) is 1. The van der Waals surface area contributed by atoms with Gasteiger partial charge in [-0.1, -0.05) is 67.7 Å². The molecule has 0 heterocycles. The SMILES string of the molecule is CCC1(C)CCCCC(C(CC)(CC)OC(=O)COCNCC(C)(C)C)C1. The molecule has 1 rings (SSSR count). The van der Waals surface area contributed by atoms with Crippen LogP contribution >= 0.6 is 0 Å². The molecule has 0 spiro atoms. The summed E-state index contributed by atoms with van der Waals surface area (Å²) >= 11 is 0. The minimum Gasteiger partial charge on any atom is -0.457 e. The molecule has 27 heavy (non-hydrogen) atoms. The number of carbonyl (C=O) groups is 1. The third-order valence-electron chi connectivity index (χ3n) is 6.51. The van der Waals surface area contributed by atoms with E-state index in [1.165, 1.54) is 32.1 Å². The Labute approximate surface area is 168 Å². The third-order valence-corrected chi connectivity index (χ3v) is 6.51. The summed E-state index contributed by atoms with van der Waals surface area (Å²) in [5.74, 6) is 0.224. The van der Waals surface area contributed by atoms with E-state index in [1.807, 2.05) is 0 Å². The monoisotopic (exact) mass is 383 g/mol. The predicted molar refractivity (Wildman–Crippen MR) is 113 cm³/mol. The lowest BCUT2D eigenvalue weighted by molar-refractivity contribution is -0.175. The molecule has 1 saturated carbocycles. The van der Waals surface area contributed by atoms with Gasteiger partial charge >= 0.3 is 5.97 Å². The van der Waals surface area contributed by atoms with Crippen molar-refractivity contribution in [1.29, 1.82) is 0 Å². The largest absolute Gasteiger partial charge is 0.457 e. The summed E-state index contributed by atoms with van der Waals surface area (Å²) in [6, 6.07) is 0. The maximum absolute atomic E-state index is 12.5. The van der Waals surface area contributed by atoms with E-state index in [0.717, 1.165) is 25.8 Å². The number of esters is 1. The average Bonchev–Trinajstić information content (AvgIpc) is 2.81. The van der Waals surface area contributed by atoms with Gasteiger partial charge in [0.25, 0.3) is 0 Å². The van der Waals surface area contributed by atoms with Gasteiger partial charge in [-0.15, -0.1) is 0 Å². The van der Waals surface area contributed by atoms with Gasteiger partial charge in [-0.2, -0.15) is 0 Å². The van der Waals surface area contributed by atoms with Crippen molar-refractivity contribution in [2.75, 3.05) is 19.9 Å². The van der Waals surface area contributed by atoms with Gasteiger partial charge in [-0.05, 0) is 48.9 Å². The molecule has 0 radical (unpaired) electrons. The molecule has 1 aliphatic carbocycles. The van der Waals surface area contributed by atoms with Crippen LogP contribution in [0.5, 0.6) is 0 Å². The molecule has 0 amide bonds. The van der Waals surface area contributed by atoms with Crippen molar-refractivity contribution in [3.8, 4) is 0 Å². The first-order chi connectivity index (χ1) is 12.6. The van der Waals surface area contributed by atoms with E-state index in [4.69, 9.17) is 9.47 Å². The summed E-state index contributed by atoms with van der Waals surface area (Å²) in [6.07, 6.45) is 9.10. The molecule has 2 unspecified atom stereocenters. The molecule has 1 N–H and O–H groups in total. The lowest BCUT2D eigenvalue weighted by atomic mass is 9.70. The first-order valence-corrected chi connectivity index (χ1v) is 11.1. The number of ether oxygens (including phenoxy) is 2. The molecule has 1 aliphatic rings. The zero-order chi connectivity index (χ0) is 20.6. The Hall–Kier alpha value is -0.610. The van der Waals surface area contributed by atoms with E-state index in [1.54, 1.807) is 0 Å². The minimum atomic E-state index is -0.347. The van der Waals surface area contributed by atoms with E-state index in [0.29, 0.717) is 18.1 Å². The Morgan fingerprint density at radius 3 is 2.37 bits per heavy atom. The fourth-order valence-electron chi connectivity index (χ4n) is 4.46. The van der Waals surface area contributed by atoms with Gasteiger partial charge in [0.1, 0.15) is 12.2 Å². The normalized spacial score (nSPS) is 24.5. The molecule has 0 aromatic carbocycles. The highest BCUT2D eigenvalue weighted by Gasteiger charge is 2.43. The van der Waals surface area contributed by atoms with Crippen LogP contribution in [0.1, 0.15) is 99.8 Å². The van der Waals surface area contributed by atoms with E-state index in [-0.39, 0.29) is 23.6 Å². The summed E-state index contributed by atoms with van der Waals surface area (Å²) in [5, 5.41) is 3.23. The Kier molecular flexibility index (Phi) is 9.77. The van der Waals surface area contributed by atoms with Crippen molar-refractivity contribution < 1.29 is 14.3 Å². The van der Waals surface area contributed by atoms with Crippen molar-refractivity contribution in [2.45, 2.75) is 105 Å². The summed E-state index contributed by atoms with van der Waals surface area (Å²) in [6.45, 7) is 16.8. The van der Waals surface area contributed by atoms with Gasteiger partial charge in [-0.25, -0.2) is 4.79 Å². The highest BCUT2D eigenvalue weighted by Crippen LogP contribution is 2.46. The highest BCUT2D eigenvalue weighted by atomic mass is 16.6. The second kappa shape index (κ2) is 10.8. The smallest absolute Gasteiger partial charge is 0.332 e. The van der Waals surface area contributed by atoms with Crippen molar-refractivity contribution in [3.05, 3.63) is 0 Å². The molecule has 160 valence electrons. The number of hydrogen-bond acceptors (Lipinski definition) is 4. The van der Waals surface area contributed by atoms with Gasteiger partial charge in [0.15, 0.2) is 0 Å². The maximum atomic E-state index is 12.5. The van der Waals surface area contributed by atoms with Gasteiger partial charge < -0.3 is 9.47 Å². The zero-order valence-electron chi connectivity index (χ0n) is 19.1. The van der Waals surface area contributed by atoms with Crippen LogP contribution in [-0.2, 0) is 14.3 Å². The Morgan fingerprint density at radius 1 is 1.15 bits per heavy atom. The average molecular weight is 384 g/mol. The Balaban J connectivity index is 2.63. The van der Waals surface area contributed by atoms with Crippen molar-refractivity contribution in [3.63, 3.8) is 0 Å². The summed E-state index contributed by atoms with van der Waals surface area (Å²) in [4.78, 5) is 12.5. The molecule has 0 aromatic heterocycles. The van der Waals surface area contributed by atoms with Gasteiger partial charge in [0.2, 0.25) is 0 Å². The van der Waals surface area contributed by atoms with Crippen molar-refractivity contribution in [2.24, 2.45) is 16.7 Å². The zero-order valence-corrected chi connectivity index (χ0v) is 19.1. The van der Waals surface area contributed by atoms with Crippen LogP contribution in [0.4, 0.5) is 0 Å². The number of rotatable bonds is 10. The fourth-order valence-corrected chi connectivity index (χ4v) is 4.46. The van der Waals surface area contributed by atoms with E-state index >= 15 is 0 Å². The first-order valence-electron chi connectivity index (χ1n) is 11.1. The van der Waals surface area contributed by atoms with Crippen LogP contribution in [0.3, 0.4) is 0 Å². The van der Waals surface area contributed by atoms with E-state index in [2.05, 4.69) is 53.8 Å². The quantitative estimate of drug-likeness (QED) is 0.228. The summed E-state index contributed by atoms with van der Waals surface area (Å²) in [7, 11) is 0. The van der Waals surface area contributed by atoms with Gasteiger partial charge in [-0.3, -0.25) is 5.32 Å². The topological polar surface area (TPSA) is 47.6 Å². The maximum Gasteiger partial charge on any atom is 0.332 e. The molecule has 4 nitrogen and oxygen atoms in total. The molecular weight excluding hydrogens is 338 g/mol. The predicted octanol–water partition coefficient (Wildman–Crippen LogP) is 5.69. The standard InChI is InChI=1S/C23H45NO3/c1-8-22(7)14-12-11-13-19(15-22)23(9-2,10-3)27-20(25)16-26-18-24-17-21(4,5)6/h19,24H,8-18H2,1-7H3. The highest BCUT2D eigenvalue weighted by molar-refractivity contribution is 5.71. The van der Waals surface area contributed by atoms with Gasteiger partial charge in [0.05, 0.1) is 6.73 Å². The Bertz CT molecular complexity index is 439. The second-order valence-electron chi connectivity index (χ2n) is 10.0. The van der Waals surface area contributed by atoms with E-state index in [9.17, 15) is 4.79 Å². The number of hydrogen-bond donors (Lipinski definition) is 1. The molecule has 4 heteroatoms. The molecule has 0 aliphatic heterocycles. The third kappa shape index (κ3) is 8.11. The summed E-state index contributed by atoms with van der Waals surface area (Å²) in [5.41, 5.74) is 0.228. The number of carbonyl (C=O) groups excluding carboxylic acids is 1. The van der Waals surface area contributed by atoms with Crippen molar-refractivity contribution in [1.82, 2.24) is 5.32 Å². The minimum absolute atomic E-state index is 0.0245. The van der Waals surface area contributed by atoms with Crippen molar-refractivity contribution >= 4 is 5.97 Å². The van der Waals surface area contributed by atoms with E-state index < -0.39 is 0 Å². The molecular formula is C23H45NO3. The van der Waals surface area contributed by atoms with Crippen LogP contribution in [0.2, 0.25) is 0 Å². The molecule has 0 saturated heterocycles. The van der Waals surface area contributed by atoms with Crippen LogP contribution in [0.25, 0.3) is 0 Å². The van der Waals surface area contributed by atoms with Crippen LogP contribution in [0, 0.1) is 16.7 Å². The first kappa shape index (κ1) is 24.4. The lowest BCUT2D eigenvalue weighted by Gasteiger charge is -2.42. The molecule has 1 fully saturated rings. The summed E-state index contributed by atoms with van der Waals surface area (Å²) < 4.78 is 11.6. The molecule has 0 bridgehead atoms.